The maximum absolute atomic E-state index is 13.1. The largest absolute Gasteiger partial charge is 0.369 e. The number of halogens is 1. The van der Waals surface area contributed by atoms with Gasteiger partial charge < -0.3 is 20.4 Å². The van der Waals surface area contributed by atoms with Gasteiger partial charge in [-0.3, -0.25) is 19.3 Å². The molecular weight excluding hydrogens is 437 g/mol. The molecule has 8 nitrogen and oxygen atoms in total. The molecule has 2 aromatic rings. The summed E-state index contributed by atoms with van der Waals surface area (Å²) < 4.78 is 13.1. The van der Waals surface area contributed by atoms with Crippen molar-refractivity contribution in [2.45, 2.75) is 19.3 Å². The molecule has 34 heavy (non-hydrogen) atoms. The van der Waals surface area contributed by atoms with Crippen molar-refractivity contribution in [2.24, 2.45) is 0 Å². The molecule has 0 atom stereocenters. The summed E-state index contributed by atoms with van der Waals surface area (Å²) in [6.07, 6.45) is 1.89. The number of amides is 3. The average Bonchev–Trinajstić information content (AvgIpc) is 3.27. The summed E-state index contributed by atoms with van der Waals surface area (Å²) in [5.41, 5.74) is 4.68. The Morgan fingerprint density at radius 1 is 0.882 bits per heavy atom. The molecule has 178 valence electrons. The SMILES string of the molecule is O=C(NCCN1CCN(c2ccc(F)cc2)CC1)C(=O)Nc1cc2c3c(c1)CCN3C(=O)CC2. The van der Waals surface area contributed by atoms with Gasteiger partial charge in [0.15, 0.2) is 0 Å². The lowest BCUT2D eigenvalue weighted by atomic mass is 9.98. The molecule has 0 aromatic heterocycles. The quantitative estimate of drug-likeness (QED) is 0.655. The summed E-state index contributed by atoms with van der Waals surface area (Å²) in [5.74, 6) is -1.43. The van der Waals surface area contributed by atoms with Gasteiger partial charge in [-0.15, -0.1) is 0 Å². The maximum atomic E-state index is 13.1. The van der Waals surface area contributed by atoms with Gasteiger partial charge in [0.25, 0.3) is 0 Å². The molecule has 3 aliphatic rings. The van der Waals surface area contributed by atoms with Gasteiger partial charge in [-0.1, -0.05) is 0 Å². The van der Waals surface area contributed by atoms with Crippen LogP contribution in [0.2, 0.25) is 0 Å². The molecule has 5 rings (SSSR count). The predicted octanol–water partition coefficient (Wildman–Crippen LogP) is 1.54. The number of anilines is 3. The van der Waals surface area contributed by atoms with Crippen LogP contribution in [0.15, 0.2) is 36.4 Å². The van der Waals surface area contributed by atoms with Crippen molar-refractivity contribution >= 4 is 34.8 Å². The molecule has 1 fully saturated rings. The van der Waals surface area contributed by atoms with Crippen molar-refractivity contribution in [1.29, 1.82) is 0 Å². The van der Waals surface area contributed by atoms with Crippen molar-refractivity contribution in [2.75, 3.05) is 60.9 Å². The first-order valence-corrected chi connectivity index (χ1v) is 11.8. The fourth-order valence-corrected chi connectivity index (χ4v) is 5.01. The third-order valence-electron chi connectivity index (χ3n) is 6.79. The van der Waals surface area contributed by atoms with E-state index >= 15 is 0 Å². The van der Waals surface area contributed by atoms with Crippen LogP contribution in [0.4, 0.5) is 21.5 Å². The summed E-state index contributed by atoms with van der Waals surface area (Å²) in [4.78, 5) is 43.1. The second kappa shape index (κ2) is 9.42. The zero-order valence-corrected chi connectivity index (χ0v) is 19.0. The highest BCUT2D eigenvalue weighted by molar-refractivity contribution is 6.39. The fourth-order valence-electron chi connectivity index (χ4n) is 5.01. The van der Waals surface area contributed by atoms with Crippen molar-refractivity contribution in [3.63, 3.8) is 0 Å². The van der Waals surface area contributed by atoms with E-state index in [1.165, 1.54) is 12.1 Å². The van der Waals surface area contributed by atoms with E-state index < -0.39 is 11.8 Å². The van der Waals surface area contributed by atoms with Crippen LogP contribution in [-0.4, -0.2) is 68.4 Å². The average molecular weight is 466 g/mol. The number of hydrogen-bond donors (Lipinski definition) is 2. The fraction of sp³-hybridized carbons (Fsp3) is 0.400. The molecule has 0 radical (unpaired) electrons. The molecule has 0 spiro atoms. The Morgan fingerprint density at radius 2 is 1.59 bits per heavy atom. The third-order valence-corrected chi connectivity index (χ3v) is 6.79. The monoisotopic (exact) mass is 465 g/mol. The first-order valence-electron chi connectivity index (χ1n) is 11.8. The number of carbonyl (C=O) groups excluding carboxylic acids is 3. The Bertz CT molecular complexity index is 1110. The lowest BCUT2D eigenvalue weighted by molar-refractivity contribution is -0.136. The molecule has 0 aliphatic carbocycles. The van der Waals surface area contributed by atoms with Crippen molar-refractivity contribution < 1.29 is 18.8 Å². The minimum Gasteiger partial charge on any atom is -0.369 e. The zero-order chi connectivity index (χ0) is 23.7. The molecule has 3 heterocycles. The second-order valence-electron chi connectivity index (χ2n) is 8.95. The Labute approximate surface area is 197 Å². The van der Waals surface area contributed by atoms with Crippen LogP contribution in [-0.2, 0) is 27.2 Å². The van der Waals surface area contributed by atoms with Crippen LogP contribution < -0.4 is 20.4 Å². The molecule has 0 saturated carbocycles. The van der Waals surface area contributed by atoms with Gasteiger partial charge in [-0.05, 0) is 60.4 Å². The van der Waals surface area contributed by atoms with Gasteiger partial charge in [0.1, 0.15) is 5.82 Å². The number of piperazine rings is 1. The third kappa shape index (κ3) is 4.61. The molecule has 0 unspecified atom stereocenters. The first kappa shape index (κ1) is 22.3. The Morgan fingerprint density at radius 3 is 2.32 bits per heavy atom. The number of aryl methyl sites for hydroxylation is 1. The van der Waals surface area contributed by atoms with E-state index in [0.717, 1.165) is 55.1 Å². The van der Waals surface area contributed by atoms with E-state index in [4.69, 9.17) is 0 Å². The first-order chi connectivity index (χ1) is 16.5. The van der Waals surface area contributed by atoms with Crippen LogP contribution in [0.5, 0.6) is 0 Å². The number of carbonyl (C=O) groups is 3. The predicted molar refractivity (Wildman–Crippen MR) is 128 cm³/mol. The molecule has 3 aliphatic heterocycles. The van der Waals surface area contributed by atoms with Crippen molar-refractivity contribution in [1.82, 2.24) is 10.2 Å². The normalized spacial score (nSPS) is 17.5. The van der Waals surface area contributed by atoms with E-state index in [0.29, 0.717) is 38.2 Å². The number of nitrogens with zero attached hydrogens (tertiary/aromatic N) is 3. The molecular formula is C25H28FN5O3. The summed E-state index contributed by atoms with van der Waals surface area (Å²) >= 11 is 0. The topological polar surface area (TPSA) is 85.0 Å². The van der Waals surface area contributed by atoms with Gasteiger partial charge in [-0.2, -0.15) is 0 Å². The van der Waals surface area contributed by atoms with Crippen LogP contribution >= 0.6 is 0 Å². The molecule has 3 amide bonds. The highest BCUT2D eigenvalue weighted by Gasteiger charge is 2.31. The Hall–Kier alpha value is -3.46. The van der Waals surface area contributed by atoms with Crippen LogP contribution in [0.3, 0.4) is 0 Å². The minimum absolute atomic E-state index is 0.152. The Kier molecular flexibility index (Phi) is 6.19. The van der Waals surface area contributed by atoms with E-state index in [1.807, 2.05) is 17.0 Å². The highest BCUT2D eigenvalue weighted by Crippen LogP contribution is 2.38. The molecule has 1 saturated heterocycles. The van der Waals surface area contributed by atoms with Gasteiger partial charge in [0.05, 0.1) is 5.69 Å². The van der Waals surface area contributed by atoms with Gasteiger partial charge >= 0.3 is 11.8 Å². The van der Waals surface area contributed by atoms with Crippen LogP contribution in [0, 0.1) is 5.82 Å². The molecule has 2 aromatic carbocycles. The summed E-state index contributed by atoms with van der Waals surface area (Å²) in [7, 11) is 0. The molecule has 2 N–H and O–H groups in total. The summed E-state index contributed by atoms with van der Waals surface area (Å²) in [5, 5.41) is 5.41. The summed E-state index contributed by atoms with van der Waals surface area (Å²) in [6.45, 7) is 5.02. The van der Waals surface area contributed by atoms with Crippen molar-refractivity contribution in [3.8, 4) is 0 Å². The minimum atomic E-state index is -0.685. The van der Waals surface area contributed by atoms with Gasteiger partial charge in [-0.25, -0.2) is 4.39 Å². The van der Waals surface area contributed by atoms with Crippen molar-refractivity contribution in [3.05, 3.63) is 53.3 Å². The van der Waals surface area contributed by atoms with Gasteiger partial charge in [0, 0.05) is 63.6 Å². The van der Waals surface area contributed by atoms with E-state index in [9.17, 15) is 18.8 Å². The number of hydrogen-bond acceptors (Lipinski definition) is 5. The van der Waals surface area contributed by atoms with Crippen LogP contribution in [0.25, 0.3) is 0 Å². The van der Waals surface area contributed by atoms with E-state index in [2.05, 4.69) is 20.4 Å². The number of rotatable bonds is 5. The molecule has 9 heteroatoms. The van der Waals surface area contributed by atoms with E-state index in [-0.39, 0.29) is 11.7 Å². The second-order valence-corrected chi connectivity index (χ2v) is 8.95. The lowest BCUT2D eigenvalue weighted by Crippen LogP contribution is -2.49. The molecule has 0 bridgehead atoms. The maximum Gasteiger partial charge on any atom is 0.313 e. The Balaban J connectivity index is 1.07. The summed E-state index contributed by atoms with van der Waals surface area (Å²) in [6, 6.07) is 10.2. The van der Waals surface area contributed by atoms with Crippen LogP contribution in [0.1, 0.15) is 17.5 Å². The standard InChI is InChI=1S/C25H28FN5O3/c26-19-2-4-21(5-3-19)30-13-11-29(12-14-30)10-8-27-24(33)25(34)28-20-15-17-1-6-22(32)31-9-7-18(16-20)23(17)31/h2-5,15-16H,1,6-14H2,(H,27,33)(H,28,34). The van der Waals surface area contributed by atoms with Gasteiger partial charge in [0.2, 0.25) is 5.91 Å². The lowest BCUT2D eigenvalue weighted by Gasteiger charge is -2.36. The van der Waals surface area contributed by atoms with E-state index in [1.54, 1.807) is 12.1 Å². The zero-order valence-electron chi connectivity index (χ0n) is 19.0. The smallest absolute Gasteiger partial charge is 0.313 e. The highest BCUT2D eigenvalue weighted by atomic mass is 19.1. The number of benzene rings is 2. The number of nitrogens with one attached hydrogen (secondary N) is 2.